The lowest BCUT2D eigenvalue weighted by Crippen LogP contribution is -2.46. The molecule has 0 aliphatic carbocycles. The van der Waals surface area contributed by atoms with Gasteiger partial charge in [-0.15, -0.1) is 0 Å². The Kier molecular flexibility index (Phi) is 4.95. The molecule has 0 aromatic heterocycles. The molecule has 12 heavy (non-hydrogen) atoms. The maximum atomic E-state index is 9.90. The third-order valence-corrected chi connectivity index (χ3v) is 1.42. The smallest absolute Gasteiger partial charge is 0.151 e. The second-order valence-corrected chi connectivity index (χ2v) is 2.36. The van der Waals surface area contributed by atoms with E-state index < -0.39 is 31.0 Å². The second kappa shape index (κ2) is 5.18. The summed E-state index contributed by atoms with van der Waals surface area (Å²) in [7, 11) is 0. The maximum absolute atomic E-state index is 9.90. The van der Waals surface area contributed by atoms with Gasteiger partial charge in [0.1, 0.15) is 24.4 Å². The molecule has 5 N–H and O–H groups in total. The predicted molar refractivity (Wildman–Crippen MR) is 37.2 cm³/mol. The molecule has 0 saturated carbocycles. The Morgan fingerprint density at radius 3 is 1.92 bits per heavy atom. The third-order valence-electron chi connectivity index (χ3n) is 1.42. The molecule has 0 unspecified atom stereocenters. The van der Waals surface area contributed by atoms with Crippen LogP contribution < -0.4 is 0 Å². The molecule has 0 radical (unpaired) electrons. The summed E-state index contributed by atoms with van der Waals surface area (Å²) in [5, 5.41) is 43.5. The summed E-state index contributed by atoms with van der Waals surface area (Å²) in [5.41, 5.74) is 0. The highest BCUT2D eigenvalue weighted by molar-refractivity contribution is 5.56. The lowest BCUT2D eigenvalue weighted by atomic mass is 10.2. The summed E-state index contributed by atoms with van der Waals surface area (Å²) in [6.45, 7) is -0.760. The first-order valence-corrected chi connectivity index (χ1v) is 3.33. The monoisotopic (exact) mass is 182 g/mol. The molecule has 0 aliphatic rings. The largest absolute Gasteiger partial charge is 0.394 e. The standard InChI is InChI=1S/C6H12O6/c7-1-3(9)5(11)6(12)4(10)2-8/h1,3-6,8-12H,2H2/t3-,4+,5+,6+/m0/s1/i2+1,4+1. The van der Waals surface area contributed by atoms with Gasteiger partial charge in [0.05, 0.1) is 6.61 Å². The zero-order valence-electron chi connectivity index (χ0n) is 6.24. The van der Waals surface area contributed by atoms with Gasteiger partial charge in [-0.1, -0.05) is 0 Å². The highest BCUT2D eigenvalue weighted by Crippen LogP contribution is 2.02. The predicted octanol–water partition coefficient (Wildman–Crippen LogP) is -3.38. The number of aldehydes is 1. The van der Waals surface area contributed by atoms with E-state index in [0.717, 1.165) is 0 Å². The molecular weight excluding hydrogens is 170 g/mol. The Labute approximate surface area is 68.7 Å². The van der Waals surface area contributed by atoms with Gasteiger partial charge in [0.15, 0.2) is 6.29 Å². The molecule has 0 aliphatic heterocycles. The van der Waals surface area contributed by atoms with Crippen LogP contribution in [0.4, 0.5) is 0 Å². The van der Waals surface area contributed by atoms with Crippen LogP contribution >= 0.6 is 0 Å². The van der Waals surface area contributed by atoms with E-state index in [4.69, 9.17) is 25.5 Å². The van der Waals surface area contributed by atoms with Crippen molar-refractivity contribution in [3.63, 3.8) is 0 Å². The van der Waals surface area contributed by atoms with Gasteiger partial charge in [-0.25, -0.2) is 0 Å². The van der Waals surface area contributed by atoms with E-state index in [1.165, 1.54) is 0 Å². The molecule has 6 nitrogen and oxygen atoms in total. The van der Waals surface area contributed by atoms with Crippen molar-refractivity contribution in [2.75, 3.05) is 6.61 Å². The average Bonchev–Trinajstić information content (AvgIpc) is 2.12. The molecule has 0 aromatic rings. The molecule has 0 aromatic carbocycles. The zero-order chi connectivity index (χ0) is 9.72. The van der Waals surface area contributed by atoms with Gasteiger partial charge in [0, 0.05) is 0 Å². The Morgan fingerprint density at radius 1 is 1.08 bits per heavy atom. The van der Waals surface area contributed by atoms with Crippen LogP contribution in [0.5, 0.6) is 0 Å². The van der Waals surface area contributed by atoms with Crippen LogP contribution in [0.2, 0.25) is 0 Å². The number of hydrogen-bond acceptors (Lipinski definition) is 6. The minimum Gasteiger partial charge on any atom is -0.394 e. The average molecular weight is 182 g/mol. The van der Waals surface area contributed by atoms with Crippen LogP contribution in [0.3, 0.4) is 0 Å². The van der Waals surface area contributed by atoms with E-state index in [-0.39, 0.29) is 6.29 Å². The van der Waals surface area contributed by atoms with Crippen molar-refractivity contribution >= 4 is 6.29 Å². The van der Waals surface area contributed by atoms with Crippen LogP contribution in [-0.4, -0.2) is 62.8 Å². The van der Waals surface area contributed by atoms with Crippen molar-refractivity contribution in [2.45, 2.75) is 24.4 Å². The van der Waals surface area contributed by atoms with Crippen molar-refractivity contribution in [2.24, 2.45) is 0 Å². The third kappa shape index (κ3) is 2.84. The summed E-state index contributed by atoms with van der Waals surface area (Å²) in [5.74, 6) is 0. The molecule has 0 spiro atoms. The fraction of sp³-hybridized carbons (Fsp3) is 0.833. The SMILES string of the molecule is O=C[C@H](O)[C@@H](O)[C@H](O)[13C@H](O)[13CH2]O. The molecule has 0 heterocycles. The van der Waals surface area contributed by atoms with Gasteiger partial charge in [-0.2, -0.15) is 0 Å². The van der Waals surface area contributed by atoms with Crippen LogP contribution in [0.25, 0.3) is 0 Å². The van der Waals surface area contributed by atoms with E-state index >= 15 is 0 Å². The molecule has 0 amide bonds. The summed E-state index contributed by atoms with van der Waals surface area (Å²) in [6, 6.07) is 0. The molecule has 0 fully saturated rings. The number of carbonyl (C=O) groups excluding carboxylic acids is 1. The maximum Gasteiger partial charge on any atom is 0.151 e. The lowest BCUT2D eigenvalue weighted by molar-refractivity contribution is -0.136. The van der Waals surface area contributed by atoms with Crippen molar-refractivity contribution in [1.29, 1.82) is 0 Å². The molecule has 0 rings (SSSR count). The Bertz CT molecular complexity index is 138. The summed E-state index contributed by atoms with van der Waals surface area (Å²) in [4.78, 5) is 9.90. The van der Waals surface area contributed by atoms with Crippen molar-refractivity contribution in [1.82, 2.24) is 0 Å². The second-order valence-electron chi connectivity index (χ2n) is 2.36. The molecule has 0 saturated heterocycles. The van der Waals surface area contributed by atoms with Gasteiger partial charge < -0.3 is 30.3 Å². The first-order valence-electron chi connectivity index (χ1n) is 3.33. The van der Waals surface area contributed by atoms with Gasteiger partial charge in [-0.3, -0.25) is 0 Å². The highest BCUT2D eigenvalue weighted by Gasteiger charge is 2.29. The van der Waals surface area contributed by atoms with E-state index in [2.05, 4.69) is 0 Å². The topological polar surface area (TPSA) is 118 Å². The van der Waals surface area contributed by atoms with Crippen LogP contribution in [-0.2, 0) is 4.79 Å². The van der Waals surface area contributed by atoms with Gasteiger partial charge in [0.2, 0.25) is 0 Å². The van der Waals surface area contributed by atoms with Crippen LogP contribution in [0.15, 0.2) is 0 Å². The lowest BCUT2D eigenvalue weighted by Gasteiger charge is -2.22. The van der Waals surface area contributed by atoms with Crippen molar-refractivity contribution < 1.29 is 30.3 Å². The quantitative estimate of drug-likeness (QED) is 0.223. The molecule has 0 bridgehead atoms. The fourth-order valence-corrected chi connectivity index (χ4v) is 0.618. The fourth-order valence-electron chi connectivity index (χ4n) is 0.618. The number of aliphatic hydroxyl groups is 5. The Hall–Kier alpha value is -0.530. The zero-order valence-corrected chi connectivity index (χ0v) is 6.24. The molecule has 6 heteroatoms. The summed E-state index contributed by atoms with van der Waals surface area (Å²) in [6.07, 6.45) is -6.84. The Balaban J connectivity index is 4.07. The summed E-state index contributed by atoms with van der Waals surface area (Å²) >= 11 is 0. The number of carbonyl (C=O) groups is 1. The number of aliphatic hydroxyl groups excluding tert-OH is 5. The summed E-state index contributed by atoms with van der Waals surface area (Å²) < 4.78 is 0. The minimum atomic E-state index is -1.79. The van der Waals surface area contributed by atoms with E-state index in [0.29, 0.717) is 0 Å². The van der Waals surface area contributed by atoms with E-state index in [1.807, 2.05) is 0 Å². The van der Waals surface area contributed by atoms with Crippen LogP contribution in [0.1, 0.15) is 0 Å². The molecule has 72 valence electrons. The minimum absolute atomic E-state index is 0.0258. The number of hydrogen-bond donors (Lipinski definition) is 5. The molecular formula is C6H12O6. The normalized spacial score (nSPS) is 21.1. The Morgan fingerprint density at radius 2 is 1.58 bits per heavy atom. The highest BCUT2D eigenvalue weighted by atomic mass is 16.5. The molecule has 4 atom stereocenters. The van der Waals surface area contributed by atoms with Gasteiger partial charge >= 0.3 is 0 Å². The van der Waals surface area contributed by atoms with Crippen LogP contribution in [0, 0.1) is 0 Å². The van der Waals surface area contributed by atoms with Gasteiger partial charge in [-0.05, 0) is 0 Å². The first kappa shape index (κ1) is 11.5. The number of rotatable bonds is 5. The van der Waals surface area contributed by atoms with Gasteiger partial charge in [0.25, 0.3) is 0 Å². The van der Waals surface area contributed by atoms with E-state index in [1.54, 1.807) is 0 Å². The van der Waals surface area contributed by atoms with Crippen molar-refractivity contribution in [3.8, 4) is 0 Å². The first-order chi connectivity index (χ1) is 5.54. The van der Waals surface area contributed by atoms with E-state index in [9.17, 15) is 4.79 Å². The van der Waals surface area contributed by atoms with Crippen molar-refractivity contribution in [3.05, 3.63) is 0 Å².